The van der Waals surface area contributed by atoms with Crippen molar-refractivity contribution >= 4 is 33.4 Å². The summed E-state index contributed by atoms with van der Waals surface area (Å²) in [6.07, 6.45) is 5.19. The van der Waals surface area contributed by atoms with E-state index in [1.165, 1.54) is 0 Å². The van der Waals surface area contributed by atoms with Crippen molar-refractivity contribution in [2.24, 2.45) is 0 Å². The highest BCUT2D eigenvalue weighted by atomic mass is 16.5. The van der Waals surface area contributed by atoms with Gasteiger partial charge in [0.05, 0.1) is 0 Å². The summed E-state index contributed by atoms with van der Waals surface area (Å²) in [4.78, 5) is 24.5. The fraction of sp³-hybridized carbons (Fsp3) is 0.231. The molecule has 0 spiro atoms. The van der Waals surface area contributed by atoms with Crippen LogP contribution in [0.1, 0.15) is 42.1 Å². The van der Waals surface area contributed by atoms with Crippen LogP contribution in [0.5, 0.6) is 5.75 Å². The predicted octanol–water partition coefficient (Wildman–Crippen LogP) is 5.68. The number of unbranched alkanes of at least 4 members (excludes halogenated alkanes) is 2. The SMILES string of the molecule is CCCCCn1cc(C(=O)c2cccc3ccccc23)c2cc(OCC(=O)O)ccc21. The fourth-order valence-corrected chi connectivity index (χ4v) is 3.98. The smallest absolute Gasteiger partial charge is 0.341 e. The summed E-state index contributed by atoms with van der Waals surface area (Å²) in [7, 11) is 0. The maximum atomic E-state index is 13.6. The molecule has 0 fully saturated rings. The summed E-state index contributed by atoms with van der Waals surface area (Å²) in [5, 5.41) is 11.6. The summed E-state index contributed by atoms with van der Waals surface area (Å²) < 4.78 is 7.49. The topological polar surface area (TPSA) is 68.5 Å². The number of aryl methyl sites for hydroxylation is 1. The molecule has 3 aromatic carbocycles. The Morgan fingerprint density at radius 1 is 0.935 bits per heavy atom. The van der Waals surface area contributed by atoms with Gasteiger partial charge in [0, 0.05) is 34.8 Å². The van der Waals surface area contributed by atoms with Crippen molar-refractivity contribution in [1.82, 2.24) is 4.57 Å². The number of ketones is 1. The average Bonchev–Trinajstić information content (AvgIpc) is 3.15. The number of hydrogen-bond donors (Lipinski definition) is 1. The van der Waals surface area contributed by atoms with Crippen molar-refractivity contribution in [2.45, 2.75) is 32.7 Å². The van der Waals surface area contributed by atoms with Crippen LogP contribution >= 0.6 is 0 Å². The minimum Gasteiger partial charge on any atom is -0.482 e. The number of benzene rings is 3. The van der Waals surface area contributed by atoms with Crippen LogP contribution in [0, 0.1) is 0 Å². The number of carbonyl (C=O) groups is 2. The van der Waals surface area contributed by atoms with Gasteiger partial charge < -0.3 is 14.4 Å². The summed E-state index contributed by atoms with van der Waals surface area (Å²) in [6, 6.07) is 19.0. The number of carboxylic acid groups (broad SMARTS) is 1. The fourth-order valence-electron chi connectivity index (χ4n) is 3.98. The molecule has 0 atom stereocenters. The number of ether oxygens (including phenoxy) is 1. The molecule has 0 unspecified atom stereocenters. The van der Waals surface area contributed by atoms with Gasteiger partial charge in [0.25, 0.3) is 0 Å². The van der Waals surface area contributed by atoms with E-state index in [0.717, 1.165) is 47.5 Å². The summed E-state index contributed by atoms with van der Waals surface area (Å²) >= 11 is 0. The van der Waals surface area contributed by atoms with E-state index in [1.54, 1.807) is 12.1 Å². The lowest BCUT2D eigenvalue weighted by Gasteiger charge is -2.07. The third-order valence-corrected chi connectivity index (χ3v) is 5.50. The van der Waals surface area contributed by atoms with E-state index in [2.05, 4.69) is 11.5 Å². The number of aromatic nitrogens is 1. The van der Waals surface area contributed by atoms with Crippen molar-refractivity contribution < 1.29 is 19.4 Å². The van der Waals surface area contributed by atoms with Crippen LogP contribution in [0.2, 0.25) is 0 Å². The van der Waals surface area contributed by atoms with E-state index < -0.39 is 12.6 Å². The first-order chi connectivity index (χ1) is 15.1. The molecule has 31 heavy (non-hydrogen) atoms. The number of fused-ring (bicyclic) bond motifs is 2. The molecular formula is C26H25NO4. The molecular weight excluding hydrogens is 390 g/mol. The highest BCUT2D eigenvalue weighted by molar-refractivity contribution is 6.21. The van der Waals surface area contributed by atoms with Gasteiger partial charge in [-0.3, -0.25) is 4.79 Å². The molecule has 4 rings (SSSR count). The van der Waals surface area contributed by atoms with E-state index in [0.29, 0.717) is 16.9 Å². The molecule has 0 amide bonds. The van der Waals surface area contributed by atoms with Crippen LogP contribution < -0.4 is 4.74 Å². The molecule has 0 aliphatic rings. The molecule has 0 bridgehead atoms. The van der Waals surface area contributed by atoms with Crippen LogP contribution in [0.4, 0.5) is 0 Å². The van der Waals surface area contributed by atoms with Crippen molar-refractivity contribution in [3.8, 4) is 5.75 Å². The van der Waals surface area contributed by atoms with Gasteiger partial charge >= 0.3 is 5.97 Å². The maximum Gasteiger partial charge on any atom is 0.341 e. The zero-order chi connectivity index (χ0) is 21.8. The van der Waals surface area contributed by atoms with E-state index in [1.807, 2.05) is 54.7 Å². The minimum absolute atomic E-state index is 0.0496. The Kier molecular flexibility index (Phi) is 6.03. The number of carbonyl (C=O) groups excluding carboxylic acids is 1. The Hall–Kier alpha value is -3.60. The van der Waals surface area contributed by atoms with Gasteiger partial charge in [-0.1, -0.05) is 62.2 Å². The second-order valence-corrected chi connectivity index (χ2v) is 7.66. The summed E-state index contributed by atoms with van der Waals surface area (Å²) in [6.45, 7) is 2.56. The van der Waals surface area contributed by atoms with Gasteiger partial charge in [0.1, 0.15) is 5.75 Å². The Bertz CT molecular complexity index is 1250. The van der Waals surface area contributed by atoms with Gasteiger partial charge in [-0.05, 0) is 35.4 Å². The van der Waals surface area contributed by atoms with E-state index in [4.69, 9.17) is 9.84 Å². The average molecular weight is 415 g/mol. The lowest BCUT2D eigenvalue weighted by Crippen LogP contribution is -2.09. The molecule has 4 aromatic rings. The molecule has 5 nitrogen and oxygen atoms in total. The van der Waals surface area contributed by atoms with E-state index in [9.17, 15) is 9.59 Å². The Balaban J connectivity index is 1.81. The van der Waals surface area contributed by atoms with E-state index >= 15 is 0 Å². The molecule has 1 N–H and O–H groups in total. The third-order valence-electron chi connectivity index (χ3n) is 5.50. The van der Waals surface area contributed by atoms with Crippen LogP contribution in [0.25, 0.3) is 21.7 Å². The van der Waals surface area contributed by atoms with Crippen molar-refractivity contribution in [3.63, 3.8) is 0 Å². The van der Waals surface area contributed by atoms with Crippen LogP contribution in [0.15, 0.2) is 66.9 Å². The highest BCUT2D eigenvalue weighted by Crippen LogP contribution is 2.30. The molecule has 158 valence electrons. The van der Waals surface area contributed by atoms with Gasteiger partial charge in [-0.2, -0.15) is 0 Å². The first-order valence-electron chi connectivity index (χ1n) is 10.6. The molecule has 1 heterocycles. The highest BCUT2D eigenvalue weighted by Gasteiger charge is 2.19. The first-order valence-corrected chi connectivity index (χ1v) is 10.6. The predicted molar refractivity (Wildman–Crippen MR) is 122 cm³/mol. The maximum absolute atomic E-state index is 13.6. The Morgan fingerprint density at radius 3 is 2.55 bits per heavy atom. The Morgan fingerprint density at radius 2 is 1.74 bits per heavy atom. The number of rotatable bonds is 9. The number of hydrogen-bond acceptors (Lipinski definition) is 3. The number of nitrogens with zero attached hydrogens (tertiary/aromatic N) is 1. The van der Waals surface area contributed by atoms with E-state index in [-0.39, 0.29) is 5.78 Å². The molecule has 1 aromatic heterocycles. The normalized spacial score (nSPS) is 11.1. The van der Waals surface area contributed by atoms with Crippen molar-refractivity contribution in [2.75, 3.05) is 6.61 Å². The molecule has 5 heteroatoms. The van der Waals surface area contributed by atoms with Crippen LogP contribution in [0.3, 0.4) is 0 Å². The molecule has 0 aliphatic carbocycles. The minimum atomic E-state index is -1.04. The Labute approximate surface area is 180 Å². The van der Waals surface area contributed by atoms with Gasteiger partial charge in [-0.25, -0.2) is 4.79 Å². The number of aliphatic carboxylic acids is 1. The lowest BCUT2D eigenvalue weighted by atomic mass is 9.97. The monoisotopic (exact) mass is 415 g/mol. The largest absolute Gasteiger partial charge is 0.482 e. The second-order valence-electron chi connectivity index (χ2n) is 7.66. The third kappa shape index (κ3) is 4.31. The standard InChI is InChI=1S/C26H25NO4/c1-2-3-6-14-27-16-23(22-15-19(12-13-24(22)27)31-17-25(28)29)26(30)21-11-7-9-18-8-4-5-10-20(18)21/h4-5,7-13,15-16H,2-3,6,14,17H2,1H3,(H,28,29). The van der Waals surface area contributed by atoms with Gasteiger partial charge in [-0.15, -0.1) is 0 Å². The summed E-state index contributed by atoms with van der Waals surface area (Å²) in [5.41, 5.74) is 2.20. The number of carboxylic acids is 1. The van der Waals surface area contributed by atoms with Crippen molar-refractivity contribution in [1.29, 1.82) is 0 Å². The lowest BCUT2D eigenvalue weighted by molar-refractivity contribution is -0.139. The second kappa shape index (κ2) is 9.04. The summed E-state index contributed by atoms with van der Waals surface area (Å²) in [5.74, 6) is -0.649. The zero-order valence-corrected chi connectivity index (χ0v) is 17.5. The van der Waals surface area contributed by atoms with Crippen LogP contribution in [-0.4, -0.2) is 28.0 Å². The van der Waals surface area contributed by atoms with Gasteiger partial charge in [0.2, 0.25) is 0 Å². The molecule has 0 radical (unpaired) electrons. The quantitative estimate of drug-likeness (QED) is 0.282. The molecule has 0 saturated heterocycles. The molecule has 0 saturated carbocycles. The van der Waals surface area contributed by atoms with Crippen LogP contribution in [-0.2, 0) is 11.3 Å². The van der Waals surface area contributed by atoms with Gasteiger partial charge in [0.15, 0.2) is 12.4 Å². The first kappa shape index (κ1) is 20.7. The van der Waals surface area contributed by atoms with Crippen molar-refractivity contribution in [3.05, 3.63) is 78.0 Å². The molecule has 0 aliphatic heterocycles. The zero-order valence-electron chi connectivity index (χ0n) is 17.5.